The molecule has 1 N–H and O–H groups in total. The first kappa shape index (κ1) is 20.0. The molecule has 0 saturated heterocycles. The van der Waals surface area contributed by atoms with Crippen molar-refractivity contribution in [3.8, 4) is 0 Å². The minimum Gasteiger partial charge on any atom is -0.478 e. The number of amides is 1. The Hall–Kier alpha value is -1.32. The maximum absolute atomic E-state index is 10.4. The second kappa shape index (κ2) is 14.7. The molecule has 0 rings (SSSR count). The number of aliphatic carboxylic acids is 1. The largest absolute Gasteiger partial charge is 0.478 e. The molecule has 4 nitrogen and oxygen atoms in total. The van der Waals surface area contributed by atoms with E-state index in [2.05, 4.69) is 6.92 Å². The van der Waals surface area contributed by atoms with E-state index in [0.29, 0.717) is 5.57 Å². The van der Waals surface area contributed by atoms with Crippen molar-refractivity contribution in [1.82, 2.24) is 4.90 Å². The first-order valence-corrected chi connectivity index (χ1v) is 6.97. The number of carbonyl (C=O) groups is 2. The van der Waals surface area contributed by atoms with E-state index in [1.54, 1.807) is 21.0 Å². The lowest BCUT2D eigenvalue weighted by Gasteiger charge is -1.98. The molecule has 0 aromatic carbocycles. The third-order valence-corrected chi connectivity index (χ3v) is 2.56. The molecule has 19 heavy (non-hydrogen) atoms. The van der Waals surface area contributed by atoms with Crippen molar-refractivity contribution >= 4 is 12.4 Å². The van der Waals surface area contributed by atoms with E-state index < -0.39 is 5.97 Å². The maximum Gasteiger partial charge on any atom is 0.330 e. The van der Waals surface area contributed by atoms with E-state index in [0.717, 1.165) is 19.3 Å². The second-order valence-electron chi connectivity index (χ2n) is 4.82. The lowest BCUT2D eigenvalue weighted by molar-refractivity contribution is -0.132. The Morgan fingerprint density at radius 1 is 1.11 bits per heavy atom. The zero-order valence-corrected chi connectivity index (χ0v) is 12.8. The highest BCUT2D eigenvalue weighted by Crippen LogP contribution is 2.08. The summed E-state index contributed by atoms with van der Waals surface area (Å²) in [5.41, 5.74) is 0.471. The normalized spacial score (nSPS) is 10.4. The molecule has 4 heteroatoms. The average molecular weight is 271 g/mol. The van der Waals surface area contributed by atoms with Crippen LogP contribution in [-0.2, 0) is 9.59 Å². The number of unbranched alkanes of at least 4 members (excludes halogenated alkanes) is 6. The lowest BCUT2D eigenvalue weighted by atomic mass is 10.1. The van der Waals surface area contributed by atoms with Gasteiger partial charge < -0.3 is 10.0 Å². The minimum absolute atomic E-state index is 0.471. The number of allylic oxidation sites excluding steroid dienone is 1. The van der Waals surface area contributed by atoms with Crippen LogP contribution in [-0.4, -0.2) is 36.5 Å². The first-order chi connectivity index (χ1) is 8.95. The van der Waals surface area contributed by atoms with Crippen LogP contribution in [0.1, 0.15) is 58.8 Å². The maximum atomic E-state index is 10.4. The van der Waals surface area contributed by atoms with Gasteiger partial charge in [0.2, 0.25) is 6.41 Å². The van der Waals surface area contributed by atoms with Crippen molar-refractivity contribution in [2.45, 2.75) is 58.8 Å². The van der Waals surface area contributed by atoms with Crippen LogP contribution >= 0.6 is 0 Å². The van der Waals surface area contributed by atoms with Crippen LogP contribution < -0.4 is 0 Å². The summed E-state index contributed by atoms with van der Waals surface area (Å²) in [6.07, 6.45) is 11.0. The molecule has 0 heterocycles. The molecule has 0 fully saturated rings. The van der Waals surface area contributed by atoms with E-state index >= 15 is 0 Å². The van der Waals surface area contributed by atoms with Crippen molar-refractivity contribution in [3.63, 3.8) is 0 Å². The summed E-state index contributed by atoms with van der Waals surface area (Å²) in [6.45, 7) is 3.86. The molecule has 0 bridgehead atoms. The Bertz CT molecular complexity index is 260. The number of carbonyl (C=O) groups excluding carboxylic acids is 1. The highest BCUT2D eigenvalue weighted by molar-refractivity contribution is 5.85. The highest BCUT2D eigenvalue weighted by Gasteiger charge is 1.97. The number of nitrogens with zero attached hydrogens (tertiary/aromatic N) is 1. The van der Waals surface area contributed by atoms with Crippen LogP contribution in [0, 0.1) is 0 Å². The Morgan fingerprint density at radius 2 is 1.58 bits per heavy atom. The summed E-state index contributed by atoms with van der Waals surface area (Å²) in [5.74, 6) is -0.795. The number of rotatable bonds is 9. The average Bonchev–Trinajstić information content (AvgIpc) is 2.38. The first-order valence-electron chi connectivity index (χ1n) is 6.97. The zero-order valence-electron chi connectivity index (χ0n) is 12.8. The van der Waals surface area contributed by atoms with Gasteiger partial charge in [0, 0.05) is 19.7 Å². The van der Waals surface area contributed by atoms with Crippen molar-refractivity contribution < 1.29 is 14.7 Å². The lowest BCUT2D eigenvalue weighted by Crippen LogP contribution is -2.06. The fourth-order valence-electron chi connectivity index (χ4n) is 1.33. The van der Waals surface area contributed by atoms with Crippen LogP contribution in [0.2, 0.25) is 0 Å². The Kier molecular flexibility index (Phi) is 15.5. The van der Waals surface area contributed by atoms with Crippen molar-refractivity contribution in [2.24, 2.45) is 0 Å². The van der Waals surface area contributed by atoms with Gasteiger partial charge in [-0.2, -0.15) is 0 Å². The van der Waals surface area contributed by atoms with Gasteiger partial charge in [-0.15, -0.1) is 0 Å². The summed E-state index contributed by atoms with van der Waals surface area (Å²) < 4.78 is 0. The van der Waals surface area contributed by atoms with Crippen molar-refractivity contribution in [2.75, 3.05) is 14.1 Å². The van der Waals surface area contributed by atoms with Gasteiger partial charge in [0.15, 0.2) is 0 Å². The van der Waals surface area contributed by atoms with E-state index in [4.69, 9.17) is 5.11 Å². The van der Waals surface area contributed by atoms with E-state index in [1.807, 2.05) is 6.08 Å². The number of carboxylic acid groups (broad SMARTS) is 1. The molecular formula is C15H29NO3. The number of hydrogen-bond acceptors (Lipinski definition) is 2. The molecule has 1 amide bonds. The molecule has 0 unspecified atom stereocenters. The molecular weight excluding hydrogens is 242 g/mol. The summed E-state index contributed by atoms with van der Waals surface area (Å²) in [4.78, 5) is 21.3. The Balaban J connectivity index is 0. The predicted molar refractivity (Wildman–Crippen MR) is 79.1 cm³/mol. The summed E-state index contributed by atoms with van der Waals surface area (Å²) in [5, 5.41) is 8.59. The Morgan fingerprint density at radius 3 is 2.00 bits per heavy atom. The van der Waals surface area contributed by atoms with Gasteiger partial charge in [0.1, 0.15) is 0 Å². The molecule has 0 aliphatic carbocycles. The fourth-order valence-corrected chi connectivity index (χ4v) is 1.33. The monoisotopic (exact) mass is 271 g/mol. The minimum atomic E-state index is -0.795. The van der Waals surface area contributed by atoms with E-state index in [9.17, 15) is 9.59 Å². The summed E-state index contributed by atoms with van der Waals surface area (Å²) in [6, 6.07) is 0. The molecule has 0 spiro atoms. The zero-order chi connectivity index (χ0) is 15.1. The third-order valence-electron chi connectivity index (χ3n) is 2.56. The van der Waals surface area contributed by atoms with Gasteiger partial charge in [-0.25, -0.2) is 4.79 Å². The number of hydrogen-bond donors (Lipinski definition) is 1. The van der Waals surface area contributed by atoms with E-state index in [1.165, 1.54) is 37.0 Å². The SMILES string of the molecule is CCCCCCCCC=C(C)C(=O)O.CN(C)C=O. The summed E-state index contributed by atoms with van der Waals surface area (Å²) >= 11 is 0. The van der Waals surface area contributed by atoms with Gasteiger partial charge in [0.25, 0.3) is 0 Å². The Labute approximate surface area is 117 Å². The van der Waals surface area contributed by atoms with Gasteiger partial charge in [0.05, 0.1) is 0 Å². The third kappa shape index (κ3) is 19.2. The molecule has 112 valence electrons. The highest BCUT2D eigenvalue weighted by atomic mass is 16.4. The van der Waals surface area contributed by atoms with Crippen LogP contribution in [0.25, 0.3) is 0 Å². The molecule has 0 aromatic heterocycles. The molecule has 0 saturated carbocycles. The molecule has 0 aliphatic heterocycles. The van der Waals surface area contributed by atoms with Gasteiger partial charge >= 0.3 is 5.97 Å². The molecule has 0 aromatic rings. The predicted octanol–water partition coefficient (Wildman–Crippen LogP) is 3.47. The van der Waals surface area contributed by atoms with Crippen LogP contribution in [0.3, 0.4) is 0 Å². The molecule has 0 aliphatic rings. The fraction of sp³-hybridized carbons (Fsp3) is 0.733. The van der Waals surface area contributed by atoms with Gasteiger partial charge in [-0.1, -0.05) is 45.1 Å². The number of carboxylic acids is 1. The smallest absolute Gasteiger partial charge is 0.330 e. The van der Waals surface area contributed by atoms with Crippen LogP contribution in [0.4, 0.5) is 0 Å². The summed E-state index contributed by atoms with van der Waals surface area (Å²) in [7, 11) is 3.38. The topological polar surface area (TPSA) is 57.6 Å². The van der Waals surface area contributed by atoms with Crippen molar-refractivity contribution in [3.05, 3.63) is 11.6 Å². The van der Waals surface area contributed by atoms with Gasteiger partial charge in [-0.05, 0) is 19.8 Å². The molecule has 0 atom stereocenters. The van der Waals surface area contributed by atoms with E-state index in [-0.39, 0.29) is 0 Å². The van der Waals surface area contributed by atoms with Crippen LogP contribution in [0.5, 0.6) is 0 Å². The quantitative estimate of drug-likeness (QED) is 0.397. The standard InChI is InChI=1S/C12H22O2.C3H7NO/c1-3-4-5-6-7-8-9-10-11(2)12(13)14;1-4(2)3-5/h10H,3-9H2,1-2H3,(H,13,14);3H,1-2H3. The van der Waals surface area contributed by atoms with Crippen LogP contribution in [0.15, 0.2) is 11.6 Å². The van der Waals surface area contributed by atoms with Crippen molar-refractivity contribution in [1.29, 1.82) is 0 Å². The van der Waals surface area contributed by atoms with Gasteiger partial charge in [-0.3, -0.25) is 4.79 Å². The molecule has 0 radical (unpaired) electrons. The second-order valence-corrected chi connectivity index (χ2v) is 4.82.